The smallest absolute Gasteiger partial charge is 0.256 e. The Hall–Kier alpha value is -2.44. The number of aromatic nitrogens is 1. The van der Waals surface area contributed by atoms with Gasteiger partial charge in [-0.2, -0.15) is 0 Å². The number of aryl methyl sites for hydroxylation is 1. The first-order valence-electron chi connectivity index (χ1n) is 8.07. The molecule has 0 bridgehead atoms. The largest absolute Gasteiger partial charge is 0.350 e. The standard InChI is InChI=1S/C19H21N3O2S/c1-12-4-6-13(7-5-12)16(22(2)3)11-21-19(24)15-10-20-18(23)14-8-9-25-17(14)15/h4-10,16H,11H2,1-3H3,(H,20,23)(H,21,24). The monoisotopic (exact) mass is 355 g/mol. The molecule has 1 unspecified atom stereocenters. The van der Waals surface area contributed by atoms with Crippen LogP contribution in [0, 0.1) is 6.92 Å². The second-order valence-electron chi connectivity index (χ2n) is 6.29. The minimum atomic E-state index is -0.178. The highest BCUT2D eigenvalue weighted by molar-refractivity contribution is 7.17. The summed E-state index contributed by atoms with van der Waals surface area (Å²) in [5, 5.41) is 5.38. The van der Waals surface area contributed by atoms with Gasteiger partial charge in [-0.25, -0.2) is 0 Å². The maximum atomic E-state index is 12.6. The van der Waals surface area contributed by atoms with Gasteiger partial charge < -0.3 is 15.2 Å². The third kappa shape index (κ3) is 3.65. The third-order valence-electron chi connectivity index (χ3n) is 4.29. The van der Waals surface area contributed by atoms with Crippen molar-refractivity contribution in [1.82, 2.24) is 15.2 Å². The molecule has 0 spiro atoms. The summed E-state index contributed by atoms with van der Waals surface area (Å²) in [5.41, 5.74) is 2.70. The average Bonchev–Trinajstić information content (AvgIpc) is 3.07. The second kappa shape index (κ2) is 7.21. The number of carbonyl (C=O) groups is 1. The maximum absolute atomic E-state index is 12.6. The molecule has 5 nitrogen and oxygen atoms in total. The van der Waals surface area contributed by atoms with Crippen LogP contribution in [-0.4, -0.2) is 36.4 Å². The number of amides is 1. The molecule has 3 rings (SSSR count). The molecular formula is C19H21N3O2S. The van der Waals surface area contributed by atoms with Crippen molar-refractivity contribution in [2.75, 3.05) is 20.6 Å². The number of hydrogen-bond donors (Lipinski definition) is 2. The summed E-state index contributed by atoms with van der Waals surface area (Å²) >= 11 is 1.40. The topological polar surface area (TPSA) is 65.2 Å². The van der Waals surface area contributed by atoms with Gasteiger partial charge in [-0.3, -0.25) is 9.59 Å². The quantitative estimate of drug-likeness (QED) is 0.740. The first-order valence-corrected chi connectivity index (χ1v) is 8.95. The summed E-state index contributed by atoms with van der Waals surface area (Å²) in [7, 11) is 3.99. The van der Waals surface area contributed by atoms with E-state index in [2.05, 4.69) is 46.4 Å². The first-order chi connectivity index (χ1) is 12.0. The Morgan fingerprint density at radius 1 is 1.24 bits per heavy atom. The van der Waals surface area contributed by atoms with E-state index in [4.69, 9.17) is 0 Å². The predicted molar refractivity (Wildman–Crippen MR) is 102 cm³/mol. The highest BCUT2D eigenvalue weighted by atomic mass is 32.1. The molecule has 0 saturated heterocycles. The Bertz CT molecular complexity index is 941. The van der Waals surface area contributed by atoms with Crippen LogP contribution < -0.4 is 10.9 Å². The van der Waals surface area contributed by atoms with Gasteiger partial charge >= 0.3 is 0 Å². The average molecular weight is 355 g/mol. The van der Waals surface area contributed by atoms with E-state index in [0.29, 0.717) is 17.5 Å². The van der Waals surface area contributed by atoms with Crippen molar-refractivity contribution in [3.63, 3.8) is 0 Å². The number of H-pyrrole nitrogens is 1. The zero-order chi connectivity index (χ0) is 18.0. The van der Waals surface area contributed by atoms with Gasteiger partial charge in [0.15, 0.2) is 0 Å². The highest BCUT2D eigenvalue weighted by Crippen LogP contribution is 2.22. The normalized spacial score (nSPS) is 12.5. The summed E-state index contributed by atoms with van der Waals surface area (Å²) in [5.74, 6) is -0.178. The van der Waals surface area contributed by atoms with E-state index in [0.717, 1.165) is 10.3 Å². The number of rotatable bonds is 5. The summed E-state index contributed by atoms with van der Waals surface area (Å²) in [4.78, 5) is 29.2. The number of carbonyl (C=O) groups excluding carboxylic acids is 1. The first kappa shape index (κ1) is 17.4. The van der Waals surface area contributed by atoms with Crippen LogP contribution in [0.4, 0.5) is 0 Å². The van der Waals surface area contributed by atoms with Crippen LogP contribution in [0.25, 0.3) is 10.1 Å². The number of hydrogen-bond acceptors (Lipinski definition) is 4. The summed E-state index contributed by atoms with van der Waals surface area (Å²) in [6.45, 7) is 2.54. The Morgan fingerprint density at radius 3 is 2.64 bits per heavy atom. The molecule has 0 fully saturated rings. The van der Waals surface area contributed by atoms with Gasteiger partial charge in [-0.05, 0) is 38.0 Å². The molecule has 1 atom stereocenters. The number of aromatic amines is 1. The summed E-state index contributed by atoms with van der Waals surface area (Å²) in [6.07, 6.45) is 1.49. The number of pyridine rings is 1. The van der Waals surface area contributed by atoms with Gasteiger partial charge in [-0.15, -0.1) is 11.3 Å². The minimum absolute atomic E-state index is 0.0751. The molecule has 0 aliphatic carbocycles. The van der Waals surface area contributed by atoms with Crippen LogP contribution in [0.2, 0.25) is 0 Å². The molecule has 25 heavy (non-hydrogen) atoms. The van der Waals surface area contributed by atoms with E-state index >= 15 is 0 Å². The van der Waals surface area contributed by atoms with Gasteiger partial charge in [0.2, 0.25) is 0 Å². The molecule has 3 aromatic rings. The molecule has 0 aliphatic heterocycles. The molecule has 1 amide bonds. The Balaban J connectivity index is 1.79. The van der Waals surface area contributed by atoms with Crippen molar-refractivity contribution < 1.29 is 4.79 Å². The second-order valence-corrected chi connectivity index (χ2v) is 7.21. The summed E-state index contributed by atoms with van der Waals surface area (Å²) < 4.78 is 0.720. The van der Waals surface area contributed by atoms with Gasteiger partial charge in [-0.1, -0.05) is 29.8 Å². The van der Waals surface area contributed by atoms with Crippen LogP contribution in [0.3, 0.4) is 0 Å². The lowest BCUT2D eigenvalue weighted by Gasteiger charge is -2.25. The Kier molecular flexibility index (Phi) is 5.01. The molecule has 2 aromatic heterocycles. The summed E-state index contributed by atoms with van der Waals surface area (Å²) in [6, 6.07) is 10.1. The van der Waals surface area contributed by atoms with Gasteiger partial charge in [0.1, 0.15) is 0 Å². The van der Waals surface area contributed by atoms with E-state index < -0.39 is 0 Å². The van der Waals surface area contributed by atoms with Crippen molar-refractivity contribution in [2.24, 2.45) is 0 Å². The minimum Gasteiger partial charge on any atom is -0.350 e. The highest BCUT2D eigenvalue weighted by Gasteiger charge is 2.18. The van der Waals surface area contributed by atoms with Crippen molar-refractivity contribution in [1.29, 1.82) is 0 Å². The van der Waals surface area contributed by atoms with Crippen LogP contribution >= 0.6 is 11.3 Å². The maximum Gasteiger partial charge on any atom is 0.256 e. The number of benzene rings is 1. The molecule has 0 aliphatic rings. The zero-order valence-electron chi connectivity index (χ0n) is 14.5. The fourth-order valence-corrected chi connectivity index (χ4v) is 3.72. The molecule has 0 saturated carbocycles. The Morgan fingerprint density at radius 2 is 1.96 bits per heavy atom. The molecule has 1 aromatic carbocycles. The van der Waals surface area contributed by atoms with Crippen LogP contribution in [0.1, 0.15) is 27.5 Å². The van der Waals surface area contributed by atoms with Crippen molar-refractivity contribution in [3.05, 3.63) is 69.0 Å². The fraction of sp³-hybridized carbons (Fsp3) is 0.263. The molecule has 130 valence electrons. The number of nitrogens with zero attached hydrogens (tertiary/aromatic N) is 1. The van der Waals surface area contributed by atoms with Crippen LogP contribution in [0.5, 0.6) is 0 Å². The molecule has 2 N–H and O–H groups in total. The van der Waals surface area contributed by atoms with Gasteiger partial charge in [0.25, 0.3) is 11.5 Å². The molecule has 2 heterocycles. The Labute approximate surface area is 150 Å². The van der Waals surface area contributed by atoms with E-state index in [-0.39, 0.29) is 17.5 Å². The number of fused-ring (bicyclic) bond motifs is 1. The van der Waals surface area contributed by atoms with E-state index in [1.807, 2.05) is 19.5 Å². The van der Waals surface area contributed by atoms with Gasteiger partial charge in [0.05, 0.1) is 21.7 Å². The number of nitrogens with one attached hydrogen (secondary N) is 2. The van der Waals surface area contributed by atoms with Crippen molar-refractivity contribution in [2.45, 2.75) is 13.0 Å². The van der Waals surface area contributed by atoms with E-state index in [1.165, 1.54) is 23.1 Å². The number of likely N-dealkylation sites (N-methyl/N-ethyl adjacent to an activating group) is 1. The lowest BCUT2D eigenvalue weighted by molar-refractivity contribution is 0.0943. The fourth-order valence-electron chi connectivity index (χ4n) is 2.82. The molecule has 6 heteroatoms. The predicted octanol–water partition coefficient (Wildman–Crippen LogP) is 2.93. The third-order valence-corrected chi connectivity index (χ3v) is 5.24. The zero-order valence-corrected chi connectivity index (χ0v) is 15.3. The van der Waals surface area contributed by atoms with Gasteiger partial charge in [0, 0.05) is 12.7 Å². The van der Waals surface area contributed by atoms with Crippen LogP contribution in [-0.2, 0) is 0 Å². The van der Waals surface area contributed by atoms with Crippen molar-refractivity contribution in [3.8, 4) is 0 Å². The lowest BCUT2D eigenvalue weighted by atomic mass is 10.0. The van der Waals surface area contributed by atoms with E-state index in [9.17, 15) is 9.59 Å². The van der Waals surface area contributed by atoms with Crippen molar-refractivity contribution >= 4 is 27.3 Å². The van der Waals surface area contributed by atoms with Crippen LogP contribution in [0.15, 0.2) is 46.7 Å². The number of thiophene rings is 1. The lowest BCUT2D eigenvalue weighted by Crippen LogP contribution is -2.34. The molecule has 0 radical (unpaired) electrons. The molecular weight excluding hydrogens is 334 g/mol. The SMILES string of the molecule is Cc1ccc(C(CNC(=O)c2c[nH]c(=O)c3ccsc23)N(C)C)cc1. The van der Waals surface area contributed by atoms with E-state index in [1.54, 1.807) is 6.07 Å².